The highest BCUT2D eigenvalue weighted by Gasteiger charge is 2.63. The molecule has 3 aromatic rings. The molecule has 1 aromatic heterocycles. The van der Waals surface area contributed by atoms with E-state index in [0.29, 0.717) is 5.69 Å². The van der Waals surface area contributed by atoms with Gasteiger partial charge < -0.3 is 14.8 Å². The van der Waals surface area contributed by atoms with Gasteiger partial charge in [0.05, 0.1) is 17.0 Å². The molecule has 1 spiro atoms. The summed E-state index contributed by atoms with van der Waals surface area (Å²) in [5.41, 5.74) is -1.80. The van der Waals surface area contributed by atoms with Crippen molar-refractivity contribution in [2.75, 3.05) is 18.9 Å². The zero-order chi connectivity index (χ0) is 22.0. The molecule has 2 aliphatic rings. The van der Waals surface area contributed by atoms with Gasteiger partial charge in [-0.15, -0.1) is 0 Å². The van der Waals surface area contributed by atoms with Crippen LogP contribution >= 0.6 is 0 Å². The molecular formula is C23H18FN3O4. The summed E-state index contributed by atoms with van der Waals surface area (Å²) in [6.07, 6.45) is -0.443. The lowest BCUT2D eigenvalue weighted by atomic mass is 9.73. The number of likely N-dealkylation sites (tertiary alicyclic amines) is 1. The van der Waals surface area contributed by atoms with Crippen LogP contribution in [0.5, 0.6) is 0 Å². The summed E-state index contributed by atoms with van der Waals surface area (Å²) in [7, 11) is 1.71. The number of aliphatic hydroxyl groups is 1. The van der Waals surface area contributed by atoms with E-state index in [2.05, 4.69) is 11.4 Å². The van der Waals surface area contributed by atoms with E-state index < -0.39 is 28.3 Å². The molecule has 1 fully saturated rings. The zero-order valence-electron chi connectivity index (χ0n) is 16.6. The number of aliphatic hydroxyl groups excluding tert-OH is 1. The van der Waals surface area contributed by atoms with Crippen LogP contribution in [0.15, 0.2) is 57.9 Å². The summed E-state index contributed by atoms with van der Waals surface area (Å²) in [4.78, 5) is 27.8. The Balaban J connectivity index is 1.63. The van der Waals surface area contributed by atoms with Crippen molar-refractivity contribution in [1.82, 2.24) is 4.90 Å². The smallest absolute Gasteiger partial charge is 0.249 e. The highest BCUT2D eigenvalue weighted by Crippen LogP contribution is 2.55. The van der Waals surface area contributed by atoms with Gasteiger partial charge in [-0.3, -0.25) is 14.5 Å². The molecule has 0 aliphatic carbocycles. The van der Waals surface area contributed by atoms with Crippen molar-refractivity contribution in [3.05, 3.63) is 75.9 Å². The molecule has 3 atom stereocenters. The van der Waals surface area contributed by atoms with Crippen molar-refractivity contribution in [2.24, 2.45) is 5.41 Å². The van der Waals surface area contributed by atoms with Crippen LogP contribution in [-0.4, -0.2) is 29.5 Å². The molecule has 0 bridgehead atoms. The number of likely N-dealkylation sites (N-methyl/N-ethyl adjacent to an activating group) is 1. The fourth-order valence-electron chi connectivity index (χ4n) is 4.98. The van der Waals surface area contributed by atoms with Gasteiger partial charge in [-0.2, -0.15) is 5.26 Å². The largest absolute Gasteiger partial charge is 0.464 e. The second kappa shape index (κ2) is 6.48. The molecule has 2 aliphatic heterocycles. The van der Waals surface area contributed by atoms with E-state index in [9.17, 15) is 24.3 Å². The second-order valence-electron chi connectivity index (χ2n) is 8.22. The molecule has 1 amide bonds. The molecule has 1 saturated heterocycles. The number of benzene rings is 2. The van der Waals surface area contributed by atoms with E-state index >= 15 is 0 Å². The van der Waals surface area contributed by atoms with Gasteiger partial charge in [0.25, 0.3) is 0 Å². The van der Waals surface area contributed by atoms with Crippen molar-refractivity contribution in [3.8, 4) is 6.07 Å². The number of nitriles is 1. The first-order valence-corrected chi connectivity index (χ1v) is 9.75. The summed E-state index contributed by atoms with van der Waals surface area (Å²) in [5.74, 6) is -0.895. The number of nitrogens with one attached hydrogen (secondary N) is 1. The van der Waals surface area contributed by atoms with Gasteiger partial charge in [-0.05, 0) is 31.3 Å². The van der Waals surface area contributed by atoms with Gasteiger partial charge in [0.2, 0.25) is 5.91 Å². The average molecular weight is 419 g/mol. The minimum absolute atomic E-state index is 0.0162. The summed E-state index contributed by atoms with van der Waals surface area (Å²) in [6.45, 7) is 0.0487. The van der Waals surface area contributed by atoms with E-state index in [1.165, 1.54) is 12.1 Å². The van der Waals surface area contributed by atoms with Crippen molar-refractivity contribution in [3.63, 3.8) is 0 Å². The summed E-state index contributed by atoms with van der Waals surface area (Å²) >= 11 is 0. The fraction of sp³-hybridized carbons (Fsp3) is 0.261. The first kappa shape index (κ1) is 19.4. The number of fused-ring (bicyclic) bond motifs is 3. The number of hydrogen-bond acceptors (Lipinski definition) is 6. The second-order valence-corrected chi connectivity index (χ2v) is 8.22. The first-order valence-electron chi connectivity index (χ1n) is 9.75. The number of halogens is 1. The van der Waals surface area contributed by atoms with Crippen LogP contribution in [-0.2, 0) is 10.3 Å². The Morgan fingerprint density at radius 3 is 2.84 bits per heavy atom. The molecule has 156 valence electrons. The van der Waals surface area contributed by atoms with E-state index in [4.69, 9.17) is 4.42 Å². The lowest BCUT2D eigenvalue weighted by Crippen LogP contribution is -2.44. The number of amides is 1. The molecule has 0 radical (unpaired) electrons. The molecule has 2 N–H and O–H groups in total. The number of para-hydroxylation sites is 1. The maximum Gasteiger partial charge on any atom is 0.249 e. The molecule has 3 heterocycles. The van der Waals surface area contributed by atoms with Gasteiger partial charge in [0, 0.05) is 24.2 Å². The molecule has 7 nitrogen and oxygen atoms in total. The third-order valence-electron chi connectivity index (χ3n) is 6.54. The summed E-state index contributed by atoms with van der Waals surface area (Å²) in [6, 6.07) is 12.9. The van der Waals surface area contributed by atoms with E-state index in [0.717, 1.165) is 17.9 Å². The van der Waals surface area contributed by atoms with E-state index in [1.807, 2.05) is 12.1 Å². The maximum absolute atomic E-state index is 13.7. The van der Waals surface area contributed by atoms with Gasteiger partial charge in [-0.25, -0.2) is 4.39 Å². The molecule has 0 saturated carbocycles. The highest BCUT2D eigenvalue weighted by molar-refractivity contribution is 6.06. The Morgan fingerprint density at radius 1 is 1.29 bits per heavy atom. The zero-order valence-corrected chi connectivity index (χ0v) is 16.6. The van der Waals surface area contributed by atoms with Crippen LogP contribution in [0.3, 0.4) is 0 Å². The molecule has 2 aromatic carbocycles. The van der Waals surface area contributed by atoms with Crippen molar-refractivity contribution in [2.45, 2.75) is 18.1 Å². The number of nitrogens with zero attached hydrogens (tertiary/aromatic N) is 2. The van der Waals surface area contributed by atoms with Crippen molar-refractivity contribution in [1.29, 1.82) is 5.26 Å². The van der Waals surface area contributed by atoms with Crippen LogP contribution in [0, 0.1) is 22.6 Å². The topological polar surface area (TPSA) is 107 Å². The molecular weight excluding hydrogens is 401 g/mol. The predicted octanol–water partition coefficient (Wildman–Crippen LogP) is 2.66. The number of hydrogen-bond donors (Lipinski definition) is 2. The van der Waals surface area contributed by atoms with E-state index in [-0.39, 0.29) is 35.4 Å². The number of rotatable bonds is 2. The lowest BCUT2D eigenvalue weighted by Gasteiger charge is -2.30. The van der Waals surface area contributed by atoms with Crippen LogP contribution in [0.25, 0.3) is 11.0 Å². The minimum atomic E-state index is -1.54. The van der Waals surface area contributed by atoms with Crippen LogP contribution < -0.4 is 10.7 Å². The Morgan fingerprint density at radius 2 is 2.06 bits per heavy atom. The number of carbonyl (C=O) groups is 1. The lowest BCUT2D eigenvalue weighted by molar-refractivity contribution is -0.125. The molecule has 5 rings (SSSR count). The van der Waals surface area contributed by atoms with Gasteiger partial charge in [-0.1, -0.05) is 18.2 Å². The quantitative estimate of drug-likeness (QED) is 0.662. The van der Waals surface area contributed by atoms with Crippen LogP contribution in [0.1, 0.15) is 23.7 Å². The monoisotopic (exact) mass is 419 g/mol. The SMILES string of the molecule is CN1C[C@@](C#N)(C(O)c2coc3ccc(F)cc3c2=O)C[C@@]12C(=O)Nc1ccccc12. The number of carbonyl (C=O) groups excluding carboxylic acids is 1. The molecule has 8 heteroatoms. The minimum Gasteiger partial charge on any atom is -0.464 e. The first-order chi connectivity index (χ1) is 14.8. The Hall–Kier alpha value is -3.54. The summed E-state index contributed by atoms with van der Waals surface area (Å²) < 4.78 is 19.1. The van der Waals surface area contributed by atoms with Crippen molar-refractivity contribution >= 4 is 22.6 Å². The molecule has 1 unspecified atom stereocenters. The van der Waals surface area contributed by atoms with Gasteiger partial charge >= 0.3 is 0 Å². The third kappa shape index (κ3) is 2.51. The highest BCUT2D eigenvalue weighted by atomic mass is 19.1. The normalized spacial score (nSPS) is 26.1. The van der Waals surface area contributed by atoms with E-state index in [1.54, 1.807) is 24.1 Å². The van der Waals surface area contributed by atoms with Crippen molar-refractivity contribution < 1.29 is 18.7 Å². The fourth-order valence-corrected chi connectivity index (χ4v) is 4.98. The average Bonchev–Trinajstić information content (AvgIpc) is 3.24. The van der Waals surface area contributed by atoms with Gasteiger partial charge in [0.15, 0.2) is 5.43 Å². The number of anilines is 1. The Bertz CT molecular complexity index is 1350. The molecule has 31 heavy (non-hydrogen) atoms. The summed E-state index contributed by atoms with van der Waals surface area (Å²) in [5, 5.41) is 24.2. The van der Waals surface area contributed by atoms with Crippen LogP contribution in [0.2, 0.25) is 0 Å². The Labute approximate surface area is 176 Å². The third-order valence-corrected chi connectivity index (χ3v) is 6.54. The van der Waals surface area contributed by atoms with Crippen LogP contribution in [0.4, 0.5) is 10.1 Å². The standard InChI is InChI=1S/C23H18FN3O4/c1-27-12-22(11-25,10-23(27)16-4-2-3-5-17(16)26-21(23)30)20(29)15-9-31-18-7-6-13(24)8-14(18)19(15)28/h2-9,20,29H,10,12H2,1H3,(H,26,30)/t20?,22-,23-/m1/s1. The van der Waals surface area contributed by atoms with Gasteiger partial charge in [0.1, 0.15) is 34.7 Å². The Kier molecular flexibility index (Phi) is 4.06. The predicted molar refractivity (Wildman–Crippen MR) is 109 cm³/mol. The maximum atomic E-state index is 13.7.